The molecule has 0 aliphatic heterocycles. The van der Waals surface area contributed by atoms with Crippen LogP contribution in [-0.4, -0.2) is 32.6 Å². The van der Waals surface area contributed by atoms with Crippen molar-refractivity contribution in [3.05, 3.63) is 53.6 Å². The molecule has 0 atom stereocenters. The van der Waals surface area contributed by atoms with Crippen molar-refractivity contribution >= 4 is 18.0 Å². The predicted molar refractivity (Wildman–Crippen MR) is 97.0 cm³/mol. The molecule has 0 radical (unpaired) electrons. The zero-order valence-corrected chi connectivity index (χ0v) is 15.0. The first-order chi connectivity index (χ1) is 13.3. The summed E-state index contributed by atoms with van der Waals surface area (Å²) >= 11 is 0. The van der Waals surface area contributed by atoms with E-state index in [2.05, 4.69) is 10.6 Å². The van der Waals surface area contributed by atoms with E-state index in [4.69, 9.17) is 9.47 Å². The zero-order chi connectivity index (χ0) is 20.6. The predicted octanol–water partition coefficient (Wildman–Crippen LogP) is 4.12. The summed E-state index contributed by atoms with van der Waals surface area (Å²) in [5, 5.41) is 5.02. The SMILES string of the molecule is COc1ccc(C=O)cc1OCCCNC(=O)Nc1ccc(C(F)(F)F)cc1. The molecule has 0 aromatic heterocycles. The van der Waals surface area contributed by atoms with Crippen LogP contribution in [0.4, 0.5) is 23.7 Å². The van der Waals surface area contributed by atoms with Gasteiger partial charge in [-0.3, -0.25) is 4.79 Å². The van der Waals surface area contributed by atoms with Crippen molar-refractivity contribution in [2.75, 3.05) is 25.6 Å². The van der Waals surface area contributed by atoms with E-state index in [-0.39, 0.29) is 18.8 Å². The van der Waals surface area contributed by atoms with Gasteiger partial charge in [-0.25, -0.2) is 4.79 Å². The molecular weight excluding hydrogens is 377 g/mol. The highest BCUT2D eigenvalue weighted by Crippen LogP contribution is 2.30. The lowest BCUT2D eigenvalue weighted by Crippen LogP contribution is -2.30. The molecule has 0 aliphatic rings. The molecule has 150 valence electrons. The van der Waals surface area contributed by atoms with E-state index in [1.54, 1.807) is 18.2 Å². The van der Waals surface area contributed by atoms with Crippen LogP contribution in [0.25, 0.3) is 0 Å². The summed E-state index contributed by atoms with van der Waals surface area (Å²) in [5.74, 6) is 0.903. The van der Waals surface area contributed by atoms with Gasteiger partial charge in [-0.15, -0.1) is 0 Å². The minimum absolute atomic E-state index is 0.247. The van der Waals surface area contributed by atoms with Crippen LogP contribution < -0.4 is 20.1 Å². The average Bonchev–Trinajstić information content (AvgIpc) is 2.67. The Balaban J connectivity index is 1.74. The summed E-state index contributed by atoms with van der Waals surface area (Å²) < 4.78 is 48.2. The van der Waals surface area contributed by atoms with Crippen LogP contribution in [0, 0.1) is 0 Å². The standard InChI is InChI=1S/C19H19F3N2O4/c1-27-16-8-3-13(12-25)11-17(16)28-10-2-9-23-18(26)24-15-6-4-14(5-7-15)19(20,21)22/h3-8,11-12H,2,9-10H2,1H3,(H2,23,24,26). The highest BCUT2D eigenvalue weighted by molar-refractivity contribution is 5.89. The Morgan fingerprint density at radius 3 is 2.43 bits per heavy atom. The van der Waals surface area contributed by atoms with Gasteiger partial charge in [0.05, 0.1) is 19.3 Å². The number of urea groups is 1. The lowest BCUT2D eigenvalue weighted by Gasteiger charge is -2.12. The summed E-state index contributed by atoms with van der Waals surface area (Å²) in [6.07, 6.45) is -3.26. The van der Waals surface area contributed by atoms with Crippen LogP contribution in [-0.2, 0) is 6.18 Å². The first kappa shape index (κ1) is 21.1. The minimum Gasteiger partial charge on any atom is -0.493 e. The molecule has 0 aliphatic carbocycles. The summed E-state index contributed by atoms with van der Waals surface area (Å²) in [5.41, 5.74) is -0.0910. The van der Waals surface area contributed by atoms with Crippen molar-refractivity contribution < 1.29 is 32.2 Å². The van der Waals surface area contributed by atoms with Gasteiger partial charge in [-0.2, -0.15) is 13.2 Å². The molecule has 0 saturated heterocycles. The summed E-state index contributed by atoms with van der Waals surface area (Å²) in [7, 11) is 1.48. The van der Waals surface area contributed by atoms with Gasteiger partial charge in [0, 0.05) is 17.8 Å². The third kappa shape index (κ3) is 6.19. The number of nitrogens with one attached hydrogen (secondary N) is 2. The van der Waals surface area contributed by atoms with Gasteiger partial charge in [-0.1, -0.05) is 0 Å². The molecule has 28 heavy (non-hydrogen) atoms. The van der Waals surface area contributed by atoms with Crippen molar-refractivity contribution in [1.82, 2.24) is 5.32 Å². The topological polar surface area (TPSA) is 76.7 Å². The van der Waals surface area contributed by atoms with Gasteiger partial charge in [0.25, 0.3) is 0 Å². The number of hydrogen-bond donors (Lipinski definition) is 2. The number of benzene rings is 2. The van der Waals surface area contributed by atoms with Crippen molar-refractivity contribution in [2.24, 2.45) is 0 Å². The van der Waals surface area contributed by atoms with Crippen molar-refractivity contribution in [3.63, 3.8) is 0 Å². The number of ether oxygens (including phenoxy) is 2. The number of amides is 2. The fourth-order valence-corrected chi connectivity index (χ4v) is 2.25. The molecule has 0 fully saturated rings. The molecule has 2 amide bonds. The number of carbonyl (C=O) groups is 2. The number of halogens is 3. The molecule has 9 heteroatoms. The van der Waals surface area contributed by atoms with E-state index in [9.17, 15) is 22.8 Å². The molecule has 0 saturated carbocycles. The third-order valence-corrected chi connectivity index (χ3v) is 3.66. The summed E-state index contributed by atoms with van der Waals surface area (Å²) in [6, 6.07) is 8.38. The van der Waals surface area contributed by atoms with E-state index >= 15 is 0 Å². The Hall–Kier alpha value is -3.23. The fraction of sp³-hybridized carbons (Fsp3) is 0.263. The van der Waals surface area contributed by atoms with Crippen molar-refractivity contribution in [2.45, 2.75) is 12.6 Å². The number of carbonyl (C=O) groups excluding carboxylic acids is 2. The van der Waals surface area contributed by atoms with Gasteiger partial charge in [-0.05, 0) is 48.9 Å². The fourth-order valence-electron chi connectivity index (χ4n) is 2.25. The van der Waals surface area contributed by atoms with E-state index in [1.807, 2.05) is 0 Å². The number of anilines is 1. The summed E-state index contributed by atoms with van der Waals surface area (Å²) in [4.78, 5) is 22.6. The minimum atomic E-state index is -4.42. The van der Waals surface area contributed by atoms with Crippen molar-refractivity contribution in [1.29, 1.82) is 0 Å². The molecule has 0 bridgehead atoms. The van der Waals surface area contributed by atoms with Crippen LogP contribution in [0.3, 0.4) is 0 Å². The van der Waals surface area contributed by atoms with Gasteiger partial charge >= 0.3 is 12.2 Å². The third-order valence-electron chi connectivity index (χ3n) is 3.66. The number of aldehydes is 1. The molecule has 2 rings (SSSR count). The number of alkyl halides is 3. The van der Waals surface area contributed by atoms with E-state index in [0.717, 1.165) is 12.1 Å². The van der Waals surface area contributed by atoms with Crippen LogP contribution in [0.1, 0.15) is 22.3 Å². The molecule has 0 unspecified atom stereocenters. The van der Waals surface area contributed by atoms with E-state index < -0.39 is 17.8 Å². The highest BCUT2D eigenvalue weighted by Gasteiger charge is 2.29. The van der Waals surface area contributed by atoms with E-state index in [1.165, 1.54) is 19.2 Å². The maximum Gasteiger partial charge on any atom is 0.416 e. The maximum absolute atomic E-state index is 12.5. The Morgan fingerprint density at radius 2 is 1.82 bits per heavy atom. The molecule has 2 aromatic rings. The second-order valence-electron chi connectivity index (χ2n) is 5.69. The quantitative estimate of drug-likeness (QED) is 0.520. The normalized spacial score (nSPS) is 10.9. The lowest BCUT2D eigenvalue weighted by molar-refractivity contribution is -0.137. The zero-order valence-electron chi connectivity index (χ0n) is 15.0. The van der Waals surface area contributed by atoms with Crippen LogP contribution >= 0.6 is 0 Å². The van der Waals surface area contributed by atoms with Crippen LogP contribution in [0.15, 0.2) is 42.5 Å². The van der Waals surface area contributed by atoms with Crippen LogP contribution in [0.5, 0.6) is 11.5 Å². The second-order valence-corrected chi connectivity index (χ2v) is 5.69. The Labute approximate surface area is 159 Å². The first-order valence-electron chi connectivity index (χ1n) is 8.31. The van der Waals surface area contributed by atoms with Gasteiger partial charge in [0.15, 0.2) is 11.5 Å². The molecule has 6 nitrogen and oxygen atoms in total. The summed E-state index contributed by atoms with van der Waals surface area (Å²) in [6.45, 7) is 0.543. The molecule has 0 spiro atoms. The molecule has 2 aromatic carbocycles. The first-order valence-corrected chi connectivity index (χ1v) is 8.31. The van der Waals surface area contributed by atoms with E-state index in [0.29, 0.717) is 29.8 Å². The smallest absolute Gasteiger partial charge is 0.416 e. The van der Waals surface area contributed by atoms with Crippen LogP contribution in [0.2, 0.25) is 0 Å². The largest absolute Gasteiger partial charge is 0.493 e. The van der Waals surface area contributed by atoms with Gasteiger partial charge in [0.1, 0.15) is 6.29 Å². The number of rotatable bonds is 8. The van der Waals surface area contributed by atoms with Gasteiger partial charge in [0.2, 0.25) is 0 Å². The monoisotopic (exact) mass is 396 g/mol. The number of hydrogen-bond acceptors (Lipinski definition) is 4. The highest BCUT2D eigenvalue weighted by atomic mass is 19.4. The van der Waals surface area contributed by atoms with Crippen molar-refractivity contribution in [3.8, 4) is 11.5 Å². The molecule has 2 N–H and O–H groups in total. The molecule has 0 heterocycles. The second kappa shape index (κ2) is 9.63. The van der Waals surface area contributed by atoms with Gasteiger partial charge < -0.3 is 20.1 Å². The Morgan fingerprint density at radius 1 is 1.11 bits per heavy atom. The number of methoxy groups -OCH3 is 1. The maximum atomic E-state index is 12.5. The Kier molecular flexibility index (Phi) is 7.25. The molecular formula is C19H19F3N2O4. The average molecular weight is 396 g/mol. The Bertz CT molecular complexity index is 808. The lowest BCUT2D eigenvalue weighted by atomic mass is 10.2.